The summed E-state index contributed by atoms with van der Waals surface area (Å²) in [5.41, 5.74) is 0. The van der Waals surface area contributed by atoms with E-state index in [1.54, 1.807) is 24.3 Å². The standard InChI is InChI=1S/C11H12ClFO2S/c12-8-4-6-9(7-5-8)16(14)15-11-3-1-2-10(11)13/h4-7,10-11H,1-3H2. The molecule has 0 aromatic heterocycles. The van der Waals surface area contributed by atoms with Crippen LogP contribution in [-0.2, 0) is 15.3 Å². The monoisotopic (exact) mass is 262 g/mol. The van der Waals surface area contributed by atoms with Crippen LogP contribution in [0.4, 0.5) is 4.39 Å². The fourth-order valence-electron chi connectivity index (χ4n) is 1.70. The lowest BCUT2D eigenvalue weighted by Crippen LogP contribution is -2.20. The van der Waals surface area contributed by atoms with Gasteiger partial charge >= 0.3 is 0 Å². The van der Waals surface area contributed by atoms with Gasteiger partial charge in [0.15, 0.2) is 11.1 Å². The third-order valence-corrected chi connectivity index (χ3v) is 3.92. The van der Waals surface area contributed by atoms with Gasteiger partial charge in [0.1, 0.15) is 12.3 Å². The van der Waals surface area contributed by atoms with Crippen LogP contribution in [0.2, 0.25) is 5.02 Å². The van der Waals surface area contributed by atoms with Crippen LogP contribution in [0, 0.1) is 0 Å². The second kappa shape index (κ2) is 5.25. The van der Waals surface area contributed by atoms with E-state index >= 15 is 0 Å². The van der Waals surface area contributed by atoms with Gasteiger partial charge in [-0.2, -0.15) is 0 Å². The Kier molecular flexibility index (Phi) is 3.95. The van der Waals surface area contributed by atoms with Crippen LogP contribution in [0.5, 0.6) is 0 Å². The molecular weight excluding hydrogens is 251 g/mol. The molecule has 5 heteroatoms. The van der Waals surface area contributed by atoms with E-state index < -0.39 is 23.4 Å². The molecule has 0 saturated heterocycles. The summed E-state index contributed by atoms with van der Waals surface area (Å²) in [5.74, 6) is 0. The van der Waals surface area contributed by atoms with Crippen molar-refractivity contribution in [2.45, 2.75) is 36.4 Å². The minimum atomic E-state index is -1.60. The van der Waals surface area contributed by atoms with Gasteiger partial charge < -0.3 is 0 Å². The van der Waals surface area contributed by atoms with Crippen molar-refractivity contribution < 1.29 is 12.8 Å². The SMILES string of the molecule is O=S(OC1CCCC1F)c1ccc(Cl)cc1. The molecule has 1 fully saturated rings. The summed E-state index contributed by atoms with van der Waals surface area (Å²) in [7, 11) is 0. The fourth-order valence-corrected chi connectivity index (χ4v) is 2.74. The van der Waals surface area contributed by atoms with Gasteiger partial charge in [-0.1, -0.05) is 11.6 Å². The Morgan fingerprint density at radius 2 is 2.00 bits per heavy atom. The number of rotatable bonds is 3. The summed E-state index contributed by atoms with van der Waals surface area (Å²) >= 11 is 4.11. The molecule has 0 spiro atoms. The average molecular weight is 263 g/mol. The summed E-state index contributed by atoms with van der Waals surface area (Å²) < 4.78 is 30.2. The van der Waals surface area contributed by atoms with E-state index in [0.717, 1.165) is 6.42 Å². The van der Waals surface area contributed by atoms with Crippen LogP contribution in [0.15, 0.2) is 29.2 Å². The quantitative estimate of drug-likeness (QED) is 0.836. The van der Waals surface area contributed by atoms with Crippen molar-refractivity contribution >= 4 is 22.7 Å². The minimum Gasteiger partial charge on any atom is -0.280 e. The summed E-state index contributed by atoms with van der Waals surface area (Å²) in [6.07, 6.45) is 0.417. The van der Waals surface area contributed by atoms with E-state index in [9.17, 15) is 8.60 Å². The smallest absolute Gasteiger partial charge is 0.189 e. The molecule has 0 aliphatic heterocycles. The Balaban J connectivity index is 2.00. The molecule has 0 heterocycles. The van der Waals surface area contributed by atoms with Crippen LogP contribution in [0.3, 0.4) is 0 Å². The predicted molar refractivity (Wildman–Crippen MR) is 61.5 cm³/mol. The molecule has 1 aromatic rings. The highest BCUT2D eigenvalue weighted by Gasteiger charge is 2.29. The van der Waals surface area contributed by atoms with Crippen LogP contribution in [0.1, 0.15) is 19.3 Å². The minimum absolute atomic E-state index is 0.502. The average Bonchev–Trinajstić information content (AvgIpc) is 2.65. The van der Waals surface area contributed by atoms with Gasteiger partial charge in [-0.25, -0.2) is 8.60 Å². The first-order valence-corrected chi connectivity index (χ1v) is 6.60. The molecule has 3 unspecified atom stereocenters. The van der Waals surface area contributed by atoms with Crippen molar-refractivity contribution in [2.24, 2.45) is 0 Å². The summed E-state index contributed by atoms with van der Waals surface area (Å²) in [4.78, 5) is 0.517. The summed E-state index contributed by atoms with van der Waals surface area (Å²) in [6.45, 7) is 0. The molecule has 0 bridgehead atoms. The fraction of sp³-hybridized carbons (Fsp3) is 0.455. The van der Waals surface area contributed by atoms with Gasteiger partial charge in [0.2, 0.25) is 0 Å². The molecule has 0 N–H and O–H groups in total. The van der Waals surface area contributed by atoms with E-state index in [1.165, 1.54) is 0 Å². The third kappa shape index (κ3) is 2.81. The van der Waals surface area contributed by atoms with E-state index in [-0.39, 0.29) is 0 Å². The first kappa shape index (κ1) is 12.0. The first-order valence-electron chi connectivity index (χ1n) is 5.15. The molecule has 1 aromatic carbocycles. The molecule has 1 aliphatic carbocycles. The zero-order valence-corrected chi connectivity index (χ0v) is 10.1. The molecule has 2 nitrogen and oxygen atoms in total. The Morgan fingerprint density at radius 3 is 2.56 bits per heavy atom. The normalized spacial score (nSPS) is 26.9. The van der Waals surface area contributed by atoms with Gasteiger partial charge in [0, 0.05) is 5.02 Å². The zero-order chi connectivity index (χ0) is 11.5. The maximum atomic E-state index is 13.2. The molecule has 2 rings (SSSR count). The molecular formula is C11H12ClFO2S. The Morgan fingerprint density at radius 1 is 1.31 bits per heavy atom. The maximum Gasteiger partial charge on any atom is 0.189 e. The number of alkyl halides is 1. The van der Waals surface area contributed by atoms with Gasteiger partial charge in [-0.3, -0.25) is 4.18 Å². The lowest BCUT2D eigenvalue weighted by molar-refractivity contribution is 0.140. The van der Waals surface area contributed by atoms with Crippen molar-refractivity contribution in [3.05, 3.63) is 29.3 Å². The lowest BCUT2D eigenvalue weighted by Gasteiger charge is -2.12. The van der Waals surface area contributed by atoms with Crippen LogP contribution in [-0.4, -0.2) is 16.5 Å². The number of hydrogen-bond donors (Lipinski definition) is 0. The van der Waals surface area contributed by atoms with E-state index in [1.807, 2.05) is 0 Å². The molecule has 0 amide bonds. The largest absolute Gasteiger partial charge is 0.280 e. The van der Waals surface area contributed by atoms with E-state index in [4.69, 9.17) is 15.8 Å². The number of hydrogen-bond acceptors (Lipinski definition) is 2. The molecule has 1 saturated carbocycles. The highest BCUT2D eigenvalue weighted by molar-refractivity contribution is 7.80. The second-order valence-corrected chi connectivity index (χ2v) is 5.34. The van der Waals surface area contributed by atoms with E-state index in [0.29, 0.717) is 22.8 Å². The van der Waals surface area contributed by atoms with Crippen molar-refractivity contribution in [3.63, 3.8) is 0 Å². The van der Waals surface area contributed by atoms with Gasteiger partial charge in [0.25, 0.3) is 0 Å². The van der Waals surface area contributed by atoms with Crippen molar-refractivity contribution in [3.8, 4) is 0 Å². The third-order valence-electron chi connectivity index (χ3n) is 2.59. The number of halogens is 2. The highest BCUT2D eigenvalue weighted by atomic mass is 35.5. The Labute approximate surface area is 101 Å². The topological polar surface area (TPSA) is 26.3 Å². The zero-order valence-electron chi connectivity index (χ0n) is 8.57. The van der Waals surface area contributed by atoms with Crippen LogP contribution >= 0.6 is 11.6 Å². The maximum absolute atomic E-state index is 13.2. The summed E-state index contributed by atoms with van der Waals surface area (Å²) in [5, 5.41) is 0.574. The molecule has 1 aliphatic rings. The Hall–Kier alpha value is -0.450. The van der Waals surface area contributed by atoms with E-state index in [2.05, 4.69) is 0 Å². The second-order valence-electron chi connectivity index (χ2n) is 3.77. The molecule has 16 heavy (non-hydrogen) atoms. The van der Waals surface area contributed by atoms with Gasteiger partial charge in [0.05, 0.1) is 4.90 Å². The van der Waals surface area contributed by atoms with Crippen molar-refractivity contribution in [2.75, 3.05) is 0 Å². The van der Waals surface area contributed by atoms with Crippen molar-refractivity contribution in [1.29, 1.82) is 0 Å². The molecule has 0 radical (unpaired) electrons. The van der Waals surface area contributed by atoms with Crippen LogP contribution in [0.25, 0.3) is 0 Å². The highest BCUT2D eigenvalue weighted by Crippen LogP contribution is 2.27. The molecule has 3 atom stereocenters. The molecule has 88 valence electrons. The van der Waals surface area contributed by atoms with Crippen molar-refractivity contribution in [1.82, 2.24) is 0 Å². The van der Waals surface area contributed by atoms with Gasteiger partial charge in [-0.05, 0) is 43.5 Å². The Bertz CT molecular complexity index is 382. The van der Waals surface area contributed by atoms with Gasteiger partial charge in [-0.15, -0.1) is 0 Å². The predicted octanol–water partition coefficient (Wildman–Crippen LogP) is 3.27. The summed E-state index contributed by atoms with van der Waals surface area (Å²) in [6, 6.07) is 6.53. The number of benzene rings is 1. The first-order chi connectivity index (χ1) is 7.66. The lowest BCUT2D eigenvalue weighted by atomic mass is 10.3. The van der Waals surface area contributed by atoms with Crippen LogP contribution < -0.4 is 0 Å².